The quantitative estimate of drug-likeness (QED) is 0.389. The van der Waals surface area contributed by atoms with Crippen molar-refractivity contribution in [1.29, 1.82) is 5.26 Å². The molecule has 3 rings (SSSR count). The van der Waals surface area contributed by atoms with E-state index in [2.05, 4.69) is 4.98 Å². The van der Waals surface area contributed by atoms with Crippen molar-refractivity contribution in [3.8, 4) is 11.8 Å². The molecule has 8 heteroatoms. The minimum atomic E-state index is -1.10. The minimum absolute atomic E-state index is 0.0270. The predicted octanol–water partition coefficient (Wildman–Crippen LogP) is 4.43. The molecule has 1 radical (unpaired) electrons. The molecule has 1 amide bonds. The smallest absolute Gasteiger partial charge is 0.261 e. The van der Waals surface area contributed by atoms with Crippen LogP contribution in [0.25, 0.3) is 0 Å². The number of amides is 1. The van der Waals surface area contributed by atoms with E-state index in [1.54, 1.807) is 38.5 Å². The second-order valence-electron chi connectivity index (χ2n) is 8.81. The van der Waals surface area contributed by atoms with Gasteiger partial charge in [0.2, 0.25) is 0 Å². The van der Waals surface area contributed by atoms with Gasteiger partial charge in [-0.1, -0.05) is 18.2 Å². The van der Waals surface area contributed by atoms with Crippen molar-refractivity contribution in [3.05, 3.63) is 89.1 Å². The Balaban J connectivity index is 1.53. The number of nitrogens with zero attached hydrogens (tertiary/aromatic N) is 3. The van der Waals surface area contributed by atoms with Crippen LogP contribution in [0.3, 0.4) is 0 Å². The van der Waals surface area contributed by atoms with Crippen molar-refractivity contribution in [2.24, 2.45) is 12.8 Å². The monoisotopic (exact) mass is 477 g/mol. The topological polar surface area (TPSA) is 103 Å². The number of benzene rings is 2. The molecule has 2 N–H and O–H groups in total. The molecule has 1 heterocycles. The van der Waals surface area contributed by atoms with Crippen molar-refractivity contribution in [1.82, 2.24) is 9.55 Å². The summed E-state index contributed by atoms with van der Waals surface area (Å²) >= 11 is 0. The normalized spacial score (nSPS) is 11.4. The molecule has 0 saturated carbocycles. The van der Waals surface area contributed by atoms with E-state index >= 15 is 0 Å². The Bertz CT molecular complexity index is 1200. The number of nitriles is 1. The number of aryl methyl sites for hydroxylation is 1. The average molecular weight is 478 g/mol. The second kappa shape index (κ2) is 11.6. The fourth-order valence-corrected chi connectivity index (χ4v) is 3.60. The zero-order valence-electron chi connectivity index (χ0n) is 20.3. The highest BCUT2D eigenvalue weighted by molar-refractivity contribution is 5.82. The zero-order chi connectivity index (χ0) is 25.4. The highest BCUT2D eigenvalue weighted by Gasteiger charge is 2.27. The highest BCUT2D eigenvalue weighted by atomic mass is 19.1. The molecule has 0 aliphatic rings. The summed E-state index contributed by atoms with van der Waals surface area (Å²) in [6.45, 7) is 4.22. The van der Waals surface area contributed by atoms with Gasteiger partial charge >= 0.3 is 0 Å². The molecule has 0 unspecified atom stereocenters. The lowest BCUT2D eigenvalue weighted by Crippen LogP contribution is -2.43. The van der Waals surface area contributed by atoms with Crippen LogP contribution in [0.5, 0.6) is 5.75 Å². The predicted molar refractivity (Wildman–Crippen MR) is 130 cm³/mol. The van der Waals surface area contributed by atoms with Crippen LogP contribution in [0.4, 0.5) is 4.39 Å². The Hall–Kier alpha value is -3.70. The van der Waals surface area contributed by atoms with Crippen LogP contribution in [-0.4, -0.2) is 27.7 Å². The zero-order valence-corrected chi connectivity index (χ0v) is 20.3. The number of hydrogen-bond acceptors (Lipinski definition) is 5. The number of nitrogens with two attached hydrogens (primary N) is 1. The molecule has 0 aliphatic heterocycles. The number of carbonyl (C=O) groups is 1. The van der Waals surface area contributed by atoms with Crippen molar-refractivity contribution >= 4 is 5.91 Å². The summed E-state index contributed by atoms with van der Waals surface area (Å²) in [5, 5.41) is 9.02. The number of carbonyl (C=O) groups excluding carboxylic acids is 1. The lowest BCUT2D eigenvalue weighted by Gasteiger charge is -2.23. The first-order valence-electron chi connectivity index (χ1n) is 11.4. The Morgan fingerprint density at radius 3 is 2.69 bits per heavy atom. The van der Waals surface area contributed by atoms with E-state index in [4.69, 9.17) is 20.5 Å². The Kier molecular flexibility index (Phi) is 8.61. The van der Waals surface area contributed by atoms with Gasteiger partial charge in [0, 0.05) is 25.5 Å². The van der Waals surface area contributed by atoms with Crippen molar-refractivity contribution in [2.45, 2.75) is 45.3 Å². The Morgan fingerprint density at radius 1 is 1.23 bits per heavy atom. The molecular weight excluding hydrogens is 447 g/mol. The summed E-state index contributed by atoms with van der Waals surface area (Å²) in [5.74, 6) is 0.457. The van der Waals surface area contributed by atoms with Gasteiger partial charge in [-0.2, -0.15) is 5.26 Å². The highest BCUT2D eigenvalue weighted by Crippen LogP contribution is 2.29. The van der Waals surface area contributed by atoms with Gasteiger partial charge in [0.15, 0.2) is 5.60 Å². The van der Waals surface area contributed by atoms with Gasteiger partial charge in [0.05, 0.1) is 24.4 Å². The number of unbranched alkanes of at least 4 members (excludes halogenated alkanes) is 1. The molecule has 1 aromatic heterocycles. The van der Waals surface area contributed by atoms with Crippen LogP contribution in [0.15, 0.2) is 55.0 Å². The second-order valence-corrected chi connectivity index (χ2v) is 8.81. The first kappa shape index (κ1) is 25.9. The summed E-state index contributed by atoms with van der Waals surface area (Å²) in [6.07, 6.45) is 5.82. The van der Waals surface area contributed by atoms with E-state index in [1.807, 2.05) is 35.9 Å². The summed E-state index contributed by atoms with van der Waals surface area (Å²) in [6, 6.07) is 13.9. The molecule has 0 fully saturated rings. The van der Waals surface area contributed by atoms with Crippen LogP contribution in [0, 0.1) is 23.1 Å². The molecule has 3 aromatic rings. The third-order valence-corrected chi connectivity index (χ3v) is 5.66. The van der Waals surface area contributed by atoms with Gasteiger partial charge in [-0.05, 0) is 68.5 Å². The lowest BCUT2D eigenvalue weighted by molar-refractivity contribution is -0.130. The van der Waals surface area contributed by atoms with Crippen LogP contribution in [0.2, 0.25) is 0 Å². The van der Waals surface area contributed by atoms with Gasteiger partial charge in [-0.3, -0.25) is 4.79 Å². The first-order chi connectivity index (χ1) is 16.7. The summed E-state index contributed by atoms with van der Waals surface area (Å²) < 4.78 is 27.7. The van der Waals surface area contributed by atoms with Gasteiger partial charge in [-0.15, -0.1) is 0 Å². The minimum Gasteiger partial charge on any atom is -0.478 e. The number of hydrogen-bond donors (Lipinski definition) is 1. The molecule has 0 atom stereocenters. The van der Waals surface area contributed by atoms with Gasteiger partial charge in [-0.25, -0.2) is 9.37 Å². The fraction of sp³-hybridized carbons (Fsp3) is 0.333. The molecule has 0 bridgehead atoms. The average Bonchev–Trinajstić information content (AvgIpc) is 3.24. The molecule has 7 nitrogen and oxygen atoms in total. The maximum atomic E-state index is 14.3. The maximum absolute atomic E-state index is 14.3. The molecule has 0 aliphatic carbocycles. The largest absolute Gasteiger partial charge is 0.478 e. The molecular formula is C27H30FN4O3. The molecule has 0 saturated heterocycles. The SMILES string of the molecule is Cn1cncc1[C](CCCCOCc1cccc(OC(C)(C)C(N)=O)c1)c1ccc(C#N)c(F)c1. The van der Waals surface area contributed by atoms with Crippen LogP contribution in [-0.2, 0) is 23.2 Å². The number of primary amides is 1. The maximum Gasteiger partial charge on any atom is 0.261 e. The van der Waals surface area contributed by atoms with Gasteiger partial charge in [0.1, 0.15) is 17.6 Å². The first-order valence-corrected chi connectivity index (χ1v) is 11.4. The third-order valence-electron chi connectivity index (χ3n) is 5.66. The van der Waals surface area contributed by atoms with E-state index in [9.17, 15) is 9.18 Å². The summed E-state index contributed by atoms with van der Waals surface area (Å²) in [5.41, 5.74) is 6.88. The van der Waals surface area contributed by atoms with E-state index in [1.165, 1.54) is 12.1 Å². The van der Waals surface area contributed by atoms with Crippen LogP contribution in [0.1, 0.15) is 55.5 Å². The van der Waals surface area contributed by atoms with Crippen molar-refractivity contribution in [2.75, 3.05) is 6.61 Å². The number of rotatable bonds is 12. The summed E-state index contributed by atoms with van der Waals surface area (Å²) in [4.78, 5) is 15.7. The Morgan fingerprint density at radius 2 is 2.03 bits per heavy atom. The van der Waals surface area contributed by atoms with Crippen LogP contribution < -0.4 is 10.5 Å². The van der Waals surface area contributed by atoms with E-state index < -0.39 is 17.3 Å². The Labute approximate surface area is 205 Å². The number of halogens is 1. The standard InChI is InChI=1S/C27H30FN4O3/c1-27(2,26(30)33)35-22-8-6-7-19(13-22)17-34-12-5-4-9-23(25-16-31-18-32(25)3)20-10-11-21(15-29)24(28)14-20/h6-8,10-11,13-14,16,18H,4-5,9,12,17H2,1-3H3,(H2,30,33). The number of ether oxygens (including phenoxy) is 2. The molecule has 0 spiro atoms. The van der Waals surface area contributed by atoms with Crippen LogP contribution >= 0.6 is 0 Å². The van der Waals surface area contributed by atoms with Gasteiger partial charge < -0.3 is 19.8 Å². The van der Waals surface area contributed by atoms with E-state index in [-0.39, 0.29) is 5.56 Å². The number of aromatic nitrogens is 2. The fourth-order valence-electron chi connectivity index (χ4n) is 3.60. The lowest BCUT2D eigenvalue weighted by atomic mass is 9.90. The third kappa shape index (κ3) is 6.90. The van der Waals surface area contributed by atoms with Crippen molar-refractivity contribution in [3.63, 3.8) is 0 Å². The van der Waals surface area contributed by atoms with Gasteiger partial charge in [0.25, 0.3) is 5.91 Å². The molecule has 183 valence electrons. The molecule has 2 aromatic carbocycles. The van der Waals surface area contributed by atoms with E-state index in [0.29, 0.717) is 25.4 Å². The summed E-state index contributed by atoms with van der Waals surface area (Å²) in [7, 11) is 1.90. The number of imidazole rings is 1. The molecule has 35 heavy (non-hydrogen) atoms. The van der Waals surface area contributed by atoms with E-state index in [0.717, 1.165) is 35.6 Å². The van der Waals surface area contributed by atoms with Crippen molar-refractivity contribution < 1.29 is 18.7 Å².